The van der Waals surface area contributed by atoms with Gasteiger partial charge in [-0.25, -0.2) is 9.55 Å². The van der Waals surface area contributed by atoms with Crippen LogP contribution in [-0.4, -0.2) is 66.5 Å². The topological polar surface area (TPSA) is 240 Å². The molecule has 0 spiro atoms. The summed E-state index contributed by atoms with van der Waals surface area (Å²) in [5.74, 6) is -2.74. The molecule has 45 heavy (non-hydrogen) atoms. The Kier molecular flexibility index (Phi) is 14.0. The van der Waals surface area contributed by atoms with Crippen molar-refractivity contribution in [3.63, 3.8) is 0 Å². The molecule has 4 N–H and O–H groups in total. The molecule has 2 amide bonds. The Morgan fingerprint density at radius 3 is 2.58 bits per heavy atom. The minimum absolute atomic E-state index is 0. The van der Waals surface area contributed by atoms with Crippen LogP contribution in [0.5, 0.6) is 0 Å². The Hall–Kier alpha value is -3.52. The van der Waals surface area contributed by atoms with Gasteiger partial charge in [0.25, 0.3) is 11.8 Å². The van der Waals surface area contributed by atoms with E-state index in [0.717, 1.165) is 16.2 Å². The maximum absolute atomic E-state index is 13.0. The molecular weight excluding hydrogens is 688 g/mol. The van der Waals surface area contributed by atoms with Crippen molar-refractivity contribution in [2.45, 2.75) is 37.5 Å². The molecule has 5 rings (SSSR count). The molecule has 5 heterocycles. The van der Waals surface area contributed by atoms with Crippen molar-refractivity contribution in [1.82, 2.24) is 24.6 Å². The second kappa shape index (κ2) is 16.7. The number of aromatic amines is 1. The van der Waals surface area contributed by atoms with Crippen LogP contribution in [0.25, 0.3) is 11.3 Å². The number of aromatic nitrogens is 4. The fraction of sp³-hybridized carbons (Fsp3) is 0.333. The van der Waals surface area contributed by atoms with E-state index < -0.39 is 42.3 Å². The Morgan fingerprint density at radius 2 is 2.00 bits per heavy atom. The first-order valence-corrected chi connectivity index (χ1v) is 16.7. The number of hydrogen-bond donors (Lipinski definition) is 3. The molecule has 0 aromatic carbocycles. The lowest BCUT2D eigenvalue weighted by atomic mass is 10.0. The number of H-pyrrole nitrogens is 1. The van der Waals surface area contributed by atoms with Crippen LogP contribution < -0.4 is 30.3 Å². The van der Waals surface area contributed by atoms with Crippen molar-refractivity contribution in [3.05, 3.63) is 56.0 Å². The number of fused-ring (bicyclic) bond motifs is 1. The molecule has 0 bridgehead atoms. The lowest BCUT2D eigenvalue weighted by Crippen LogP contribution is -2.71. The van der Waals surface area contributed by atoms with Crippen LogP contribution in [0, 0.1) is 0 Å². The zero-order chi connectivity index (χ0) is 31.3. The van der Waals surface area contributed by atoms with E-state index in [1.807, 2.05) is 41.5 Å². The highest BCUT2D eigenvalue weighted by atomic mass is 32.2. The molecule has 16 nitrogen and oxygen atoms in total. The Balaban J connectivity index is 0.00000111. The molecule has 0 aliphatic carbocycles. The molecule has 0 saturated carbocycles. The predicted octanol–water partition coefficient (Wildman–Crippen LogP) is -0.0913. The van der Waals surface area contributed by atoms with E-state index in [9.17, 15) is 24.3 Å². The van der Waals surface area contributed by atoms with Crippen LogP contribution in [0.1, 0.15) is 27.6 Å². The fourth-order valence-corrected chi connectivity index (χ4v) is 7.64. The molecule has 242 valence electrons. The van der Waals surface area contributed by atoms with E-state index in [4.69, 9.17) is 14.3 Å². The highest BCUT2D eigenvalue weighted by Gasteiger charge is 2.53. The molecular formula is C24H29N8O8PS4. The minimum Gasteiger partial charge on any atom is -0.578 e. The zero-order valence-electron chi connectivity index (χ0n) is 22.1. The molecule has 2 aliphatic heterocycles. The number of hydrogen-bond acceptors (Lipinski definition) is 15. The summed E-state index contributed by atoms with van der Waals surface area (Å²) >= 11 is 4.45. The number of nitrogens with two attached hydrogens (primary N) is 1. The Bertz CT molecular complexity index is 1670. The third kappa shape index (κ3) is 9.03. The summed E-state index contributed by atoms with van der Waals surface area (Å²) in [4.78, 5) is 71.4. The normalized spacial score (nSPS) is 17.4. The van der Waals surface area contributed by atoms with Gasteiger partial charge in [-0.2, -0.15) is 4.37 Å². The number of carbonyl (C=O) groups is 3. The van der Waals surface area contributed by atoms with Gasteiger partial charge in [0.2, 0.25) is 5.71 Å². The van der Waals surface area contributed by atoms with E-state index in [0.29, 0.717) is 20.8 Å². The summed E-state index contributed by atoms with van der Waals surface area (Å²) in [6, 6.07) is 2.84. The largest absolute Gasteiger partial charge is 0.578 e. The van der Waals surface area contributed by atoms with Crippen LogP contribution in [0.15, 0.2) is 54.8 Å². The maximum Gasteiger partial charge on any atom is 0.405 e. The number of pyridine rings is 1. The second-order valence-corrected chi connectivity index (χ2v) is 13.0. The van der Waals surface area contributed by atoms with Gasteiger partial charge in [-0.3, -0.25) is 24.3 Å². The van der Waals surface area contributed by atoms with E-state index in [1.165, 1.54) is 34.9 Å². The molecule has 1 fully saturated rings. The summed E-state index contributed by atoms with van der Waals surface area (Å²) < 4.78 is 15.2. The number of oxime groups is 1. The van der Waals surface area contributed by atoms with Gasteiger partial charge in [-0.05, 0) is 6.92 Å². The minimum atomic E-state index is -2.62. The van der Waals surface area contributed by atoms with Crippen molar-refractivity contribution < 1.29 is 38.4 Å². The van der Waals surface area contributed by atoms with Gasteiger partial charge in [-0.15, -0.1) is 28.6 Å². The SMILES string of the molecule is C.C.CCO/N=C(\C(=O)NC1C(=O)N2C(C(=O)[O-])=C(Sc3nc(-c4cc[n+](C)cc4)cs3)CS[C@H]12)c1nsc(=O)[nH]1.N[P+](=O)[O-]. The maximum atomic E-state index is 13.0. The van der Waals surface area contributed by atoms with Gasteiger partial charge in [0.05, 0.1) is 17.4 Å². The van der Waals surface area contributed by atoms with Crippen molar-refractivity contribution in [2.24, 2.45) is 17.7 Å². The number of thiazole rings is 1. The summed E-state index contributed by atoms with van der Waals surface area (Å²) in [5, 5.41) is 19.6. The van der Waals surface area contributed by atoms with Gasteiger partial charge in [0.1, 0.15) is 25.1 Å². The van der Waals surface area contributed by atoms with Crippen molar-refractivity contribution in [3.8, 4) is 11.3 Å². The Morgan fingerprint density at radius 1 is 1.33 bits per heavy atom. The van der Waals surface area contributed by atoms with Crippen LogP contribution in [0.2, 0.25) is 0 Å². The Labute approximate surface area is 274 Å². The predicted molar refractivity (Wildman–Crippen MR) is 168 cm³/mol. The van der Waals surface area contributed by atoms with Crippen LogP contribution >= 0.6 is 54.6 Å². The zero-order valence-corrected chi connectivity index (χ0v) is 26.3. The smallest absolute Gasteiger partial charge is 0.405 e. The molecule has 2 unspecified atom stereocenters. The summed E-state index contributed by atoms with van der Waals surface area (Å²) in [5.41, 5.74) is 5.20. The van der Waals surface area contributed by atoms with Crippen molar-refractivity contribution in [2.75, 3.05) is 12.4 Å². The van der Waals surface area contributed by atoms with Crippen molar-refractivity contribution >= 4 is 78.1 Å². The number of carbonyl (C=O) groups excluding carboxylic acids is 3. The molecule has 21 heteroatoms. The summed E-state index contributed by atoms with van der Waals surface area (Å²) in [6.07, 6.45) is 3.81. The second-order valence-electron chi connectivity index (χ2n) is 8.36. The summed E-state index contributed by atoms with van der Waals surface area (Å²) in [7, 11) is -0.706. The first-order chi connectivity index (χ1) is 20.5. The molecule has 3 atom stereocenters. The number of nitrogens with zero attached hydrogens (tertiary/aromatic N) is 5. The lowest BCUT2D eigenvalue weighted by Gasteiger charge is -2.50. The first kappa shape index (κ1) is 37.7. The number of rotatable bonds is 9. The fourth-order valence-electron chi connectivity index (χ4n) is 3.74. The molecule has 3 aromatic heterocycles. The number of amides is 2. The molecule has 1 saturated heterocycles. The van der Waals surface area contributed by atoms with Crippen LogP contribution in [0.3, 0.4) is 0 Å². The average Bonchev–Trinajstić information content (AvgIpc) is 3.60. The van der Waals surface area contributed by atoms with Crippen molar-refractivity contribution in [1.29, 1.82) is 0 Å². The van der Waals surface area contributed by atoms with Gasteiger partial charge in [-0.1, -0.05) is 36.3 Å². The summed E-state index contributed by atoms with van der Waals surface area (Å²) in [6.45, 7) is 1.82. The standard InChI is InChI=1S/C22H19N7O6S4.2CH4.H2NO2P/c1-3-35-26-13(16-25-21(34)39-27-16)17(30)24-14-18(31)29-15(20(32)33)12(9-36-19(14)29)38-22-23-11(8-37-22)10-4-6-28(2)7-5-10;;;1-4(2)3/h4-8,14,19H,3,9H2,1-2H3,(H2-,24,25,27,30,32,33,34);2*1H4;(H2,1,2,3)/b26-13-;;;/t14?,19-;;;/m1.../s1. The third-order valence-corrected chi connectivity index (χ3v) is 9.57. The monoisotopic (exact) mass is 716 g/mol. The average molecular weight is 717 g/mol. The number of thioether (sulfide) groups is 2. The van der Waals surface area contributed by atoms with Crippen LogP contribution in [0.4, 0.5) is 0 Å². The quantitative estimate of drug-likeness (QED) is 0.0864. The molecule has 3 aromatic rings. The van der Waals surface area contributed by atoms with E-state index >= 15 is 0 Å². The van der Waals surface area contributed by atoms with E-state index in [2.05, 4.69) is 30.3 Å². The number of carboxylic acids is 1. The van der Waals surface area contributed by atoms with Gasteiger partial charge in [0.15, 0.2) is 22.6 Å². The third-order valence-electron chi connectivity index (χ3n) is 5.55. The highest BCUT2D eigenvalue weighted by Crippen LogP contribution is 2.45. The molecule has 2 aliphatic rings. The first-order valence-electron chi connectivity index (χ1n) is 11.9. The van der Waals surface area contributed by atoms with Gasteiger partial charge >= 0.3 is 13.1 Å². The van der Waals surface area contributed by atoms with Gasteiger partial charge < -0.3 is 24.9 Å². The highest BCUT2D eigenvalue weighted by molar-refractivity contribution is 8.07. The number of carboxylic acid groups (broad SMARTS) is 1. The number of nitrogens with one attached hydrogen (secondary N) is 2. The molecule has 0 radical (unpaired) electrons. The number of β-lactam (4-membered cyclic amide) rings is 1. The number of aliphatic carboxylic acids is 1. The van der Waals surface area contributed by atoms with Crippen LogP contribution in [-0.2, 0) is 30.8 Å². The van der Waals surface area contributed by atoms with Gasteiger partial charge in [0, 0.05) is 45.3 Å². The van der Waals surface area contributed by atoms with E-state index in [-0.39, 0.29) is 44.4 Å². The lowest BCUT2D eigenvalue weighted by molar-refractivity contribution is -0.671. The number of aryl methyl sites for hydroxylation is 1. The van der Waals surface area contributed by atoms with E-state index in [1.54, 1.807) is 6.92 Å².